The van der Waals surface area contributed by atoms with Gasteiger partial charge in [0.05, 0.1) is 0 Å². The van der Waals surface area contributed by atoms with Gasteiger partial charge in [-0.3, -0.25) is 4.79 Å². The highest BCUT2D eigenvalue weighted by Gasteiger charge is 2.35. The van der Waals surface area contributed by atoms with Crippen molar-refractivity contribution in [3.63, 3.8) is 0 Å². The lowest BCUT2D eigenvalue weighted by molar-refractivity contribution is 0.0909. The lowest BCUT2D eigenvalue weighted by Gasteiger charge is -2.31. The van der Waals surface area contributed by atoms with E-state index in [4.69, 9.17) is 0 Å². The number of carbonyl (C=O) groups excluding carboxylic acids is 1. The van der Waals surface area contributed by atoms with Crippen LogP contribution in [0, 0.1) is 18.3 Å². The van der Waals surface area contributed by atoms with Crippen LogP contribution in [0.15, 0.2) is 6.07 Å². The highest BCUT2D eigenvalue weighted by atomic mass is 16.1. The number of fused-ring (bicyclic) bond motifs is 1. The third-order valence-corrected chi connectivity index (χ3v) is 4.73. The van der Waals surface area contributed by atoms with E-state index in [0.29, 0.717) is 18.2 Å². The summed E-state index contributed by atoms with van der Waals surface area (Å²) >= 11 is 0. The molecular formula is C17H25NO. The summed E-state index contributed by atoms with van der Waals surface area (Å²) in [4.78, 5) is 12.3. The fraction of sp³-hybridized carbons (Fsp3) is 0.706. The zero-order valence-electron chi connectivity index (χ0n) is 12.6. The van der Waals surface area contributed by atoms with Crippen molar-refractivity contribution in [2.24, 2.45) is 11.3 Å². The number of ketones is 1. The van der Waals surface area contributed by atoms with Crippen molar-refractivity contribution < 1.29 is 4.79 Å². The maximum atomic E-state index is 12.3. The van der Waals surface area contributed by atoms with E-state index in [1.54, 1.807) is 0 Å². The van der Waals surface area contributed by atoms with Crippen molar-refractivity contribution in [2.75, 3.05) is 0 Å². The second-order valence-corrected chi connectivity index (χ2v) is 7.49. The lowest BCUT2D eigenvalue weighted by Crippen LogP contribution is -2.28. The van der Waals surface area contributed by atoms with Crippen molar-refractivity contribution in [3.8, 4) is 0 Å². The van der Waals surface area contributed by atoms with Gasteiger partial charge in [0, 0.05) is 29.4 Å². The summed E-state index contributed by atoms with van der Waals surface area (Å²) in [5.41, 5.74) is 3.68. The summed E-state index contributed by atoms with van der Waals surface area (Å²) in [5.74, 6) is 1.27. The van der Waals surface area contributed by atoms with Gasteiger partial charge in [0.1, 0.15) is 0 Å². The minimum Gasteiger partial charge on any atom is -0.345 e. The minimum atomic E-state index is 0.117. The van der Waals surface area contributed by atoms with Crippen molar-refractivity contribution >= 4 is 5.78 Å². The topological polar surface area (TPSA) is 22.0 Å². The first-order valence-electron chi connectivity index (χ1n) is 7.61. The molecule has 1 heterocycles. The first-order chi connectivity index (χ1) is 8.87. The molecule has 1 unspecified atom stereocenters. The molecule has 0 aromatic carbocycles. The zero-order valence-corrected chi connectivity index (χ0v) is 12.6. The van der Waals surface area contributed by atoms with Gasteiger partial charge in [0.15, 0.2) is 5.78 Å². The van der Waals surface area contributed by atoms with Gasteiger partial charge >= 0.3 is 0 Å². The first kappa shape index (κ1) is 13.0. The minimum absolute atomic E-state index is 0.117. The Kier molecular flexibility index (Phi) is 2.88. The van der Waals surface area contributed by atoms with E-state index in [2.05, 4.69) is 38.3 Å². The largest absolute Gasteiger partial charge is 0.345 e. The average Bonchev–Trinajstić information content (AvgIpc) is 3.00. The molecule has 0 saturated heterocycles. The van der Waals surface area contributed by atoms with Crippen molar-refractivity contribution in [1.29, 1.82) is 0 Å². The van der Waals surface area contributed by atoms with E-state index in [1.807, 2.05) is 0 Å². The molecule has 0 amide bonds. The van der Waals surface area contributed by atoms with Crippen LogP contribution in [0.5, 0.6) is 0 Å². The molecule has 2 nitrogen and oxygen atoms in total. The third-order valence-electron chi connectivity index (χ3n) is 4.73. The Morgan fingerprint density at radius 1 is 1.37 bits per heavy atom. The monoisotopic (exact) mass is 259 g/mol. The molecular weight excluding hydrogens is 234 g/mol. The van der Waals surface area contributed by atoms with Crippen LogP contribution < -0.4 is 0 Å². The second-order valence-electron chi connectivity index (χ2n) is 7.49. The number of hydrogen-bond donors (Lipinski definition) is 0. The Bertz CT molecular complexity index is 520. The van der Waals surface area contributed by atoms with Crippen LogP contribution in [0.3, 0.4) is 0 Å². The Hall–Kier alpha value is -1.05. The molecule has 1 atom stereocenters. The standard InChI is InChI=1S/C17H25NO/c1-11(7-13-5-6-13)18-12(2)8-14-15(18)9-17(3,4)10-16(14)19/h8,11,13H,5-7,9-10H2,1-4H3. The first-order valence-corrected chi connectivity index (χ1v) is 7.61. The number of rotatable bonds is 3. The van der Waals surface area contributed by atoms with E-state index >= 15 is 0 Å². The van der Waals surface area contributed by atoms with Gasteiger partial charge in [-0.25, -0.2) is 0 Å². The molecule has 104 valence electrons. The molecule has 1 fully saturated rings. The predicted molar refractivity (Wildman–Crippen MR) is 77.7 cm³/mol. The Morgan fingerprint density at radius 3 is 2.68 bits per heavy atom. The third kappa shape index (κ3) is 2.37. The van der Waals surface area contributed by atoms with Crippen LogP contribution in [-0.2, 0) is 6.42 Å². The van der Waals surface area contributed by atoms with Gasteiger partial charge in [-0.05, 0) is 44.1 Å². The van der Waals surface area contributed by atoms with Crippen molar-refractivity contribution in [2.45, 2.75) is 65.8 Å². The van der Waals surface area contributed by atoms with Gasteiger partial charge in [0.25, 0.3) is 0 Å². The maximum Gasteiger partial charge on any atom is 0.165 e. The number of hydrogen-bond acceptors (Lipinski definition) is 1. The summed E-state index contributed by atoms with van der Waals surface area (Å²) in [6.45, 7) is 8.90. The van der Waals surface area contributed by atoms with E-state index < -0.39 is 0 Å². The highest BCUT2D eigenvalue weighted by molar-refractivity contribution is 5.99. The molecule has 0 radical (unpaired) electrons. The number of carbonyl (C=O) groups is 1. The normalized spacial score (nSPS) is 23.3. The number of nitrogens with zero attached hydrogens (tertiary/aromatic N) is 1. The summed E-state index contributed by atoms with van der Waals surface area (Å²) in [6, 6.07) is 2.66. The molecule has 0 N–H and O–H groups in total. The van der Waals surface area contributed by atoms with Crippen LogP contribution >= 0.6 is 0 Å². The van der Waals surface area contributed by atoms with Gasteiger partial charge in [0.2, 0.25) is 0 Å². The van der Waals surface area contributed by atoms with Crippen LogP contribution in [0.1, 0.15) is 74.2 Å². The molecule has 0 spiro atoms. The molecule has 2 aliphatic carbocycles. The number of Topliss-reactive ketones (excluding diaryl/α,β-unsaturated/α-hetero) is 1. The van der Waals surface area contributed by atoms with Gasteiger partial charge < -0.3 is 4.57 Å². The number of aromatic nitrogens is 1. The second kappa shape index (κ2) is 4.22. The molecule has 1 aromatic rings. The SMILES string of the molecule is Cc1cc2c(n1C(C)CC1CC1)CC(C)(C)CC2=O. The summed E-state index contributed by atoms with van der Waals surface area (Å²) in [5, 5.41) is 0. The summed E-state index contributed by atoms with van der Waals surface area (Å²) < 4.78 is 2.45. The van der Waals surface area contributed by atoms with E-state index in [1.165, 1.54) is 30.7 Å². The molecule has 2 aliphatic rings. The predicted octanol–water partition coefficient (Wildman–Crippen LogP) is 4.31. The fourth-order valence-electron chi connectivity index (χ4n) is 3.73. The van der Waals surface area contributed by atoms with Gasteiger partial charge in [-0.1, -0.05) is 26.7 Å². The van der Waals surface area contributed by atoms with E-state index in [0.717, 1.165) is 17.9 Å². The molecule has 3 rings (SSSR count). The Morgan fingerprint density at radius 2 is 2.05 bits per heavy atom. The maximum absolute atomic E-state index is 12.3. The fourth-order valence-corrected chi connectivity index (χ4v) is 3.73. The quantitative estimate of drug-likeness (QED) is 0.792. The highest BCUT2D eigenvalue weighted by Crippen LogP contribution is 2.41. The van der Waals surface area contributed by atoms with Crippen LogP contribution in [-0.4, -0.2) is 10.4 Å². The van der Waals surface area contributed by atoms with Gasteiger partial charge in [-0.2, -0.15) is 0 Å². The molecule has 1 aromatic heterocycles. The smallest absolute Gasteiger partial charge is 0.165 e. The van der Waals surface area contributed by atoms with Crippen molar-refractivity contribution in [3.05, 3.63) is 23.0 Å². The Labute approximate surface area is 116 Å². The van der Waals surface area contributed by atoms with Gasteiger partial charge in [-0.15, -0.1) is 0 Å². The summed E-state index contributed by atoms with van der Waals surface area (Å²) in [7, 11) is 0. The van der Waals surface area contributed by atoms with Crippen LogP contribution in [0.2, 0.25) is 0 Å². The van der Waals surface area contributed by atoms with Crippen molar-refractivity contribution in [1.82, 2.24) is 4.57 Å². The average molecular weight is 259 g/mol. The number of aryl methyl sites for hydroxylation is 1. The van der Waals surface area contributed by atoms with E-state index in [9.17, 15) is 4.79 Å². The molecule has 2 heteroatoms. The molecule has 0 aliphatic heterocycles. The lowest BCUT2D eigenvalue weighted by atomic mass is 9.76. The van der Waals surface area contributed by atoms with Crippen LogP contribution in [0.4, 0.5) is 0 Å². The molecule has 19 heavy (non-hydrogen) atoms. The molecule has 0 bridgehead atoms. The zero-order chi connectivity index (χ0) is 13.8. The summed E-state index contributed by atoms with van der Waals surface area (Å²) in [6.07, 6.45) is 5.81. The van der Waals surface area contributed by atoms with Crippen LogP contribution in [0.25, 0.3) is 0 Å². The Balaban J connectivity index is 1.98. The molecule has 1 saturated carbocycles. The van der Waals surface area contributed by atoms with E-state index in [-0.39, 0.29) is 5.41 Å².